The maximum atomic E-state index is 13.1. The van der Waals surface area contributed by atoms with E-state index in [0.29, 0.717) is 0 Å². The van der Waals surface area contributed by atoms with Gasteiger partial charge in [0.1, 0.15) is 5.82 Å². The smallest absolute Gasteiger partial charge is 0.348 e. The third-order valence-electron chi connectivity index (χ3n) is 2.62. The first-order valence-electron chi connectivity index (χ1n) is 5.65. The number of halogens is 1. The van der Waals surface area contributed by atoms with E-state index < -0.39 is 11.4 Å². The highest BCUT2D eigenvalue weighted by atomic mass is 19.1. The molecule has 3 rings (SSSR count). The van der Waals surface area contributed by atoms with Crippen LogP contribution in [-0.2, 0) is 0 Å². The van der Waals surface area contributed by atoms with Crippen LogP contribution in [0.3, 0.4) is 0 Å². The van der Waals surface area contributed by atoms with Crippen molar-refractivity contribution in [2.75, 3.05) is 5.32 Å². The molecule has 0 fully saturated rings. The fourth-order valence-corrected chi connectivity index (χ4v) is 1.74. The number of nitrogens with zero attached hydrogens (tertiary/aromatic N) is 1. The molecule has 0 bridgehead atoms. The minimum atomic E-state index is -0.552. The molecule has 4 nitrogen and oxygen atoms in total. The Morgan fingerprint density at radius 2 is 1.89 bits per heavy atom. The number of hydrogen-bond acceptors (Lipinski definition) is 4. The molecular weight excluding hydrogens is 247 g/mol. The van der Waals surface area contributed by atoms with Crippen molar-refractivity contribution in [2.24, 2.45) is 0 Å². The van der Waals surface area contributed by atoms with Crippen molar-refractivity contribution in [2.45, 2.75) is 0 Å². The average molecular weight is 256 g/mol. The molecule has 0 amide bonds. The van der Waals surface area contributed by atoms with Gasteiger partial charge in [0.25, 0.3) is 0 Å². The lowest BCUT2D eigenvalue weighted by Crippen LogP contribution is -2.05. The van der Waals surface area contributed by atoms with Gasteiger partial charge in [-0.2, -0.15) is 4.98 Å². The number of anilines is 2. The highest BCUT2D eigenvalue weighted by Gasteiger charge is 2.07. The van der Waals surface area contributed by atoms with Crippen molar-refractivity contribution in [3.8, 4) is 0 Å². The molecule has 0 aliphatic rings. The Morgan fingerprint density at radius 1 is 1.11 bits per heavy atom. The van der Waals surface area contributed by atoms with E-state index in [1.807, 2.05) is 18.2 Å². The Labute approximate surface area is 107 Å². The van der Waals surface area contributed by atoms with E-state index in [9.17, 15) is 9.18 Å². The third-order valence-corrected chi connectivity index (χ3v) is 2.62. The molecule has 2 aromatic carbocycles. The third kappa shape index (κ3) is 2.30. The monoisotopic (exact) mass is 256 g/mol. The van der Waals surface area contributed by atoms with Crippen LogP contribution in [0.1, 0.15) is 0 Å². The van der Waals surface area contributed by atoms with Gasteiger partial charge in [0.2, 0.25) is 0 Å². The Kier molecular flexibility index (Phi) is 2.72. The summed E-state index contributed by atoms with van der Waals surface area (Å²) in [4.78, 5) is 15.8. The standard InChI is InChI=1S/C14H9FN2O2/c15-9-6-7-11-12(8-9)17-14(19-13(11)18)16-10-4-2-1-3-5-10/h1-8H,(H,16,17). The van der Waals surface area contributed by atoms with Crippen LogP contribution in [0, 0.1) is 5.82 Å². The van der Waals surface area contributed by atoms with E-state index in [-0.39, 0.29) is 16.9 Å². The molecular formula is C14H9FN2O2. The lowest BCUT2D eigenvalue weighted by atomic mass is 10.2. The van der Waals surface area contributed by atoms with Crippen LogP contribution in [-0.4, -0.2) is 4.98 Å². The topological polar surface area (TPSA) is 55.1 Å². The van der Waals surface area contributed by atoms with Crippen molar-refractivity contribution >= 4 is 22.6 Å². The zero-order valence-electron chi connectivity index (χ0n) is 9.76. The van der Waals surface area contributed by atoms with Gasteiger partial charge in [-0.15, -0.1) is 0 Å². The fourth-order valence-electron chi connectivity index (χ4n) is 1.74. The van der Waals surface area contributed by atoms with E-state index >= 15 is 0 Å². The van der Waals surface area contributed by atoms with Gasteiger partial charge in [-0.05, 0) is 24.3 Å². The number of aromatic nitrogens is 1. The number of hydrogen-bond donors (Lipinski definition) is 1. The molecule has 0 radical (unpaired) electrons. The number of nitrogens with one attached hydrogen (secondary N) is 1. The van der Waals surface area contributed by atoms with Gasteiger partial charge in [0.05, 0.1) is 10.9 Å². The molecule has 1 N–H and O–H groups in total. The van der Waals surface area contributed by atoms with E-state index in [1.54, 1.807) is 12.1 Å². The summed E-state index contributed by atoms with van der Waals surface area (Å²) in [5.41, 5.74) is 0.437. The van der Waals surface area contributed by atoms with Gasteiger partial charge in [0.15, 0.2) is 0 Å². The van der Waals surface area contributed by atoms with E-state index in [4.69, 9.17) is 4.42 Å². The largest absolute Gasteiger partial charge is 0.388 e. The molecule has 1 aromatic heterocycles. The first kappa shape index (κ1) is 11.4. The molecule has 0 aliphatic carbocycles. The molecule has 5 heteroatoms. The first-order chi connectivity index (χ1) is 9.22. The fraction of sp³-hybridized carbons (Fsp3) is 0. The summed E-state index contributed by atoms with van der Waals surface area (Å²) in [5.74, 6) is -0.448. The number of rotatable bonds is 2. The Balaban J connectivity index is 2.08. The molecule has 1 heterocycles. The molecule has 0 aliphatic heterocycles. The van der Waals surface area contributed by atoms with Crippen molar-refractivity contribution in [3.63, 3.8) is 0 Å². The molecule has 0 atom stereocenters. The van der Waals surface area contributed by atoms with Crippen molar-refractivity contribution < 1.29 is 8.81 Å². The molecule has 0 unspecified atom stereocenters. The Morgan fingerprint density at radius 3 is 2.68 bits per heavy atom. The molecule has 3 aromatic rings. The summed E-state index contributed by atoms with van der Waals surface area (Å²) in [6, 6.07) is 12.9. The maximum Gasteiger partial charge on any atom is 0.348 e. The second-order valence-electron chi connectivity index (χ2n) is 3.96. The van der Waals surface area contributed by atoms with Crippen LogP contribution in [0.2, 0.25) is 0 Å². The van der Waals surface area contributed by atoms with Gasteiger partial charge < -0.3 is 9.73 Å². The Bertz CT molecular complexity index is 784. The minimum absolute atomic E-state index is 0.0364. The molecule has 94 valence electrons. The van der Waals surface area contributed by atoms with E-state index in [1.165, 1.54) is 18.2 Å². The van der Waals surface area contributed by atoms with E-state index in [2.05, 4.69) is 10.3 Å². The maximum absolute atomic E-state index is 13.1. The van der Waals surface area contributed by atoms with Gasteiger partial charge in [-0.3, -0.25) is 0 Å². The van der Waals surface area contributed by atoms with Crippen LogP contribution in [0.15, 0.2) is 57.7 Å². The van der Waals surface area contributed by atoms with Crippen molar-refractivity contribution in [3.05, 3.63) is 64.8 Å². The first-order valence-corrected chi connectivity index (χ1v) is 5.65. The minimum Gasteiger partial charge on any atom is -0.388 e. The predicted molar refractivity (Wildman–Crippen MR) is 70.0 cm³/mol. The van der Waals surface area contributed by atoms with E-state index in [0.717, 1.165) is 5.69 Å². The lowest BCUT2D eigenvalue weighted by molar-refractivity contribution is 0.521. The summed E-state index contributed by atoms with van der Waals surface area (Å²) in [6.07, 6.45) is 0. The molecule has 0 saturated heterocycles. The van der Waals surface area contributed by atoms with Crippen LogP contribution in [0.5, 0.6) is 0 Å². The Hall–Kier alpha value is -2.69. The van der Waals surface area contributed by atoms with Crippen LogP contribution in [0.4, 0.5) is 16.1 Å². The van der Waals surface area contributed by atoms with Gasteiger partial charge >= 0.3 is 11.6 Å². The highest BCUT2D eigenvalue weighted by molar-refractivity contribution is 5.78. The number of benzene rings is 2. The van der Waals surface area contributed by atoms with Gasteiger partial charge in [0, 0.05) is 11.8 Å². The number of para-hydroxylation sites is 1. The summed E-state index contributed by atoms with van der Waals surface area (Å²) in [6.45, 7) is 0. The second kappa shape index (κ2) is 4.53. The van der Waals surface area contributed by atoms with Crippen LogP contribution < -0.4 is 10.9 Å². The summed E-state index contributed by atoms with van der Waals surface area (Å²) in [7, 11) is 0. The lowest BCUT2D eigenvalue weighted by Gasteiger charge is -2.04. The number of fused-ring (bicyclic) bond motifs is 1. The second-order valence-corrected chi connectivity index (χ2v) is 3.96. The zero-order chi connectivity index (χ0) is 13.2. The van der Waals surface area contributed by atoms with Gasteiger partial charge in [-0.25, -0.2) is 9.18 Å². The molecule has 19 heavy (non-hydrogen) atoms. The predicted octanol–water partition coefficient (Wildman–Crippen LogP) is 3.07. The molecule has 0 spiro atoms. The highest BCUT2D eigenvalue weighted by Crippen LogP contribution is 2.16. The SMILES string of the molecule is O=c1oc(Nc2ccccc2)nc2cc(F)ccc12. The van der Waals surface area contributed by atoms with Crippen molar-refractivity contribution in [1.82, 2.24) is 4.98 Å². The summed E-state index contributed by atoms with van der Waals surface area (Å²) >= 11 is 0. The summed E-state index contributed by atoms with van der Waals surface area (Å²) < 4.78 is 18.2. The summed E-state index contributed by atoms with van der Waals surface area (Å²) in [5, 5.41) is 3.11. The zero-order valence-corrected chi connectivity index (χ0v) is 9.76. The van der Waals surface area contributed by atoms with Crippen LogP contribution >= 0.6 is 0 Å². The molecule has 0 saturated carbocycles. The average Bonchev–Trinajstić information content (AvgIpc) is 2.39. The van der Waals surface area contributed by atoms with Gasteiger partial charge in [-0.1, -0.05) is 18.2 Å². The quantitative estimate of drug-likeness (QED) is 0.765. The van der Waals surface area contributed by atoms with Crippen molar-refractivity contribution in [1.29, 1.82) is 0 Å². The normalized spacial score (nSPS) is 10.6. The van der Waals surface area contributed by atoms with Crippen LogP contribution in [0.25, 0.3) is 10.9 Å².